The van der Waals surface area contributed by atoms with Crippen LogP contribution in [-0.2, 0) is 21.4 Å². The molecule has 2 aromatic rings. The molecule has 1 aliphatic heterocycles. The standard InChI is InChI=1S/C15H19N3O4S3/c1-22-9-13-16-12(10-24-13)15(19)18-6-4-11(5-7-18)17-25(20,21)14-3-2-8-23-14/h2-3,8,10-11,17H,4-7,9H2,1H3. The van der Waals surface area contributed by atoms with Crippen LogP contribution in [0.5, 0.6) is 0 Å². The van der Waals surface area contributed by atoms with E-state index in [1.165, 1.54) is 22.7 Å². The first kappa shape index (κ1) is 18.5. The van der Waals surface area contributed by atoms with Crippen LogP contribution < -0.4 is 4.72 Å². The number of carbonyl (C=O) groups is 1. The van der Waals surface area contributed by atoms with Gasteiger partial charge in [0, 0.05) is 31.6 Å². The molecule has 0 radical (unpaired) electrons. The van der Waals surface area contributed by atoms with Gasteiger partial charge in [-0.05, 0) is 24.3 Å². The van der Waals surface area contributed by atoms with E-state index in [0.717, 1.165) is 5.01 Å². The molecule has 1 N–H and O–H groups in total. The predicted octanol–water partition coefficient (Wildman–Crippen LogP) is 1.93. The van der Waals surface area contributed by atoms with Crippen molar-refractivity contribution in [2.75, 3.05) is 20.2 Å². The van der Waals surface area contributed by atoms with Gasteiger partial charge in [0.2, 0.25) is 10.0 Å². The van der Waals surface area contributed by atoms with Gasteiger partial charge >= 0.3 is 0 Å². The first-order valence-electron chi connectivity index (χ1n) is 7.78. The van der Waals surface area contributed by atoms with Gasteiger partial charge in [-0.15, -0.1) is 22.7 Å². The zero-order valence-corrected chi connectivity index (χ0v) is 16.1. The molecule has 3 rings (SSSR count). The number of nitrogens with one attached hydrogen (secondary N) is 1. The number of piperidine rings is 1. The van der Waals surface area contributed by atoms with E-state index in [0.29, 0.717) is 42.4 Å². The van der Waals surface area contributed by atoms with Crippen LogP contribution >= 0.6 is 22.7 Å². The molecule has 7 nitrogen and oxygen atoms in total. The van der Waals surface area contributed by atoms with Crippen molar-refractivity contribution in [3.63, 3.8) is 0 Å². The molecule has 0 saturated carbocycles. The van der Waals surface area contributed by atoms with Crippen molar-refractivity contribution < 1.29 is 17.9 Å². The molecule has 2 aromatic heterocycles. The average Bonchev–Trinajstić information content (AvgIpc) is 3.27. The van der Waals surface area contributed by atoms with Crippen LogP contribution in [0.1, 0.15) is 28.3 Å². The van der Waals surface area contributed by atoms with Crippen molar-refractivity contribution in [2.45, 2.75) is 29.7 Å². The Labute approximate surface area is 154 Å². The lowest BCUT2D eigenvalue weighted by atomic mass is 10.1. The van der Waals surface area contributed by atoms with Crippen molar-refractivity contribution >= 4 is 38.6 Å². The third-order valence-corrected chi connectivity index (χ3v) is 7.64. The summed E-state index contributed by atoms with van der Waals surface area (Å²) in [6.07, 6.45) is 1.18. The normalized spacial score (nSPS) is 16.3. The lowest BCUT2D eigenvalue weighted by Gasteiger charge is -2.31. The van der Waals surface area contributed by atoms with Crippen molar-refractivity contribution in [1.82, 2.24) is 14.6 Å². The van der Waals surface area contributed by atoms with Gasteiger partial charge in [0.05, 0.1) is 6.61 Å². The summed E-state index contributed by atoms with van der Waals surface area (Å²) in [5.74, 6) is -0.113. The molecule has 0 unspecified atom stereocenters. The zero-order chi connectivity index (χ0) is 17.9. The number of likely N-dealkylation sites (tertiary alicyclic amines) is 1. The summed E-state index contributed by atoms with van der Waals surface area (Å²) in [7, 11) is -1.88. The monoisotopic (exact) mass is 401 g/mol. The highest BCUT2D eigenvalue weighted by molar-refractivity contribution is 7.91. The minimum atomic E-state index is -3.47. The number of nitrogens with zero attached hydrogens (tertiary/aromatic N) is 2. The molecule has 0 atom stereocenters. The van der Waals surface area contributed by atoms with Gasteiger partial charge < -0.3 is 9.64 Å². The molecule has 0 aliphatic carbocycles. The van der Waals surface area contributed by atoms with Crippen molar-refractivity contribution in [2.24, 2.45) is 0 Å². The minimum absolute atomic E-state index is 0.113. The van der Waals surface area contributed by atoms with Crippen LogP contribution in [0.2, 0.25) is 0 Å². The van der Waals surface area contributed by atoms with Crippen LogP contribution in [0.15, 0.2) is 27.1 Å². The third-order valence-electron chi connectivity index (χ3n) is 3.90. The van der Waals surface area contributed by atoms with E-state index in [-0.39, 0.29) is 11.9 Å². The topological polar surface area (TPSA) is 88.6 Å². The molecule has 1 fully saturated rings. The fourth-order valence-electron chi connectivity index (χ4n) is 2.66. The quantitative estimate of drug-likeness (QED) is 0.799. The number of carbonyl (C=O) groups excluding carboxylic acids is 1. The highest BCUT2D eigenvalue weighted by atomic mass is 32.2. The summed E-state index contributed by atoms with van der Waals surface area (Å²) in [6, 6.07) is 3.15. The van der Waals surface area contributed by atoms with Crippen molar-refractivity contribution in [3.8, 4) is 0 Å². The van der Waals surface area contributed by atoms with E-state index in [1.54, 1.807) is 34.9 Å². The highest BCUT2D eigenvalue weighted by Gasteiger charge is 2.28. The maximum Gasteiger partial charge on any atom is 0.273 e. The second kappa shape index (κ2) is 7.92. The smallest absolute Gasteiger partial charge is 0.273 e. The number of thiophene rings is 1. The van der Waals surface area contributed by atoms with Gasteiger partial charge in [0.15, 0.2) is 0 Å². The summed E-state index contributed by atoms with van der Waals surface area (Å²) in [4.78, 5) is 18.5. The first-order chi connectivity index (χ1) is 12.0. The van der Waals surface area contributed by atoms with Crippen molar-refractivity contribution in [1.29, 1.82) is 0 Å². The van der Waals surface area contributed by atoms with Crippen LogP contribution in [0.25, 0.3) is 0 Å². The van der Waals surface area contributed by atoms with Crippen LogP contribution in [0, 0.1) is 0 Å². The number of amides is 1. The Morgan fingerprint density at radius 3 is 2.80 bits per heavy atom. The molecule has 1 amide bonds. The number of hydrogen-bond acceptors (Lipinski definition) is 7. The molecule has 3 heterocycles. The Morgan fingerprint density at radius 1 is 1.40 bits per heavy atom. The number of thiazole rings is 1. The minimum Gasteiger partial charge on any atom is -0.378 e. The molecule has 0 aromatic carbocycles. The Kier molecular flexibility index (Phi) is 5.85. The maximum absolute atomic E-state index is 12.5. The molecule has 10 heteroatoms. The molecule has 1 saturated heterocycles. The average molecular weight is 402 g/mol. The van der Waals surface area contributed by atoms with E-state index >= 15 is 0 Å². The molecule has 25 heavy (non-hydrogen) atoms. The number of methoxy groups -OCH3 is 1. The SMILES string of the molecule is COCc1nc(C(=O)N2CCC(NS(=O)(=O)c3cccs3)CC2)cs1. The third kappa shape index (κ3) is 4.45. The number of ether oxygens (including phenoxy) is 1. The van der Waals surface area contributed by atoms with E-state index in [2.05, 4.69) is 9.71 Å². The number of aromatic nitrogens is 1. The molecule has 136 valence electrons. The van der Waals surface area contributed by atoms with Crippen molar-refractivity contribution in [3.05, 3.63) is 33.6 Å². The molecular weight excluding hydrogens is 382 g/mol. The summed E-state index contributed by atoms with van der Waals surface area (Å²) in [5.41, 5.74) is 0.426. The van der Waals surface area contributed by atoms with Gasteiger partial charge in [0.1, 0.15) is 14.9 Å². The predicted molar refractivity (Wildman–Crippen MR) is 96.4 cm³/mol. The molecule has 1 aliphatic rings. The number of sulfonamides is 1. The fourth-order valence-corrected chi connectivity index (χ4v) is 5.71. The van der Waals surface area contributed by atoms with Crippen LogP contribution in [0.3, 0.4) is 0 Å². The highest BCUT2D eigenvalue weighted by Crippen LogP contribution is 2.20. The van der Waals surface area contributed by atoms with Gasteiger partial charge in [-0.1, -0.05) is 6.07 Å². The summed E-state index contributed by atoms with van der Waals surface area (Å²) >= 11 is 2.59. The maximum atomic E-state index is 12.5. The Bertz CT molecular complexity index is 809. The zero-order valence-electron chi connectivity index (χ0n) is 13.7. The molecule has 0 bridgehead atoms. The van der Waals surface area contributed by atoms with E-state index < -0.39 is 10.0 Å². The molecular formula is C15H19N3O4S3. The Morgan fingerprint density at radius 2 is 2.16 bits per heavy atom. The summed E-state index contributed by atoms with van der Waals surface area (Å²) in [5, 5.41) is 4.24. The lowest BCUT2D eigenvalue weighted by molar-refractivity contribution is 0.0705. The van der Waals surface area contributed by atoms with E-state index in [1.807, 2.05) is 0 Å². The van der Waals surface area contributed by atoms with Gasteiger partial charge in [-0.2, -0.15) is 0 Å². The van der Waals surface area contributed by atoms with Gasteiger partial charge in [-0.25, -0.2) is 18.1 Å². The summed E-state index contributed by atoms with van der Waals surface area (Å²) in [6.45, 7) is 1.41. The molecule has 0 spiro atoms. The first-order valence-corrected chi connectivity index (χ1v) is 11.0. The van der Waals surface area contributed by atoms with Crippen LogP contribution in [-0.4, -0.2) is 50.5 Å². The number of hydrogen-bond donors (Lipinski definition) is 1. The van der Waals surface area contributed by atoms with Gasteiger partial charge in [0.25, 0.3) is 5.91 Å². The number of rotatable bonds is 6. The van der Waals surface area contributed by atoms with Gasteiger partial charge in [-0.3, -0.25) is 4.79 Å². The lowest BCUT2D eigenvalue weighted by Crippen LogP contribution is -2.46. The second-order valence-corrected chi connectivity index (χ2v) is 9.51. The van der Waals surface area contributed by atoms with E-state index in [9.17, 15) is 13.2 Å². The van der Waals surface area contributed by atoms with E-state index in [4.69, 9.17) is 4.74 Å². The fraction of sp³-hybridized carbons (Fsp3) is 0.467. The Balaban J connectivity index is 1.55. The Hall–Kier alpha value is -1.33. The summed E-state index contributed by atoms with van der Waals surface area (Å²) < 4.78 is 32.6. The largest absolute Gasteiger partial charge is 0.378 e. The second-order valence-electron chi connectivity index (χ2n) is 5.68. The van der Waals surface area contributed by atoms with Crippen LogP contribution in [0.4, 0.5) is 0 Å².